The second kappa shape index (κ2) is 6.01. The van der Waals surface area contributed by atoms with E-state index >= 15 is 0 Å². The molecule has 1 atom stereocenters. The zero-order valence-electron chi connectivity index (χ0n) is 10.7. The number of carbonyl (C=O) groups excluding carboxylic acids is 1. The minimum absolute atomic E-state index is 0.151. The van der Waals surface area contributed by atoms with Crippen molar-refractivity contribution >= 4 is 12.0 Å². The average molecular weight is 260 g/mol. The SMILES string of the molecule is CC(O)CN(C)C(=O)NC1(C(=O)O)CCOCC1. The number of rotatable bonds is 4. The summed E-state index contributed by atoms with van der Waals surface area (Å²) in [7, 11) is 1.51. The maximum Gasteiger partial charge on any atom is 0.329 e. The van der Waals surface area contributed by atoms with Crippen LogP contribution in [0.15, 0.2) is 0 Å². The van der Waals surface area contributed by atoms with Crippen molar-refractivity contribution in [2.45, 2.75) is 31.4 Å². The highest BCUT2D eigenvalue weighted by Crippen LogP contribution is 2.21. The highest BCUT2D eigenvalue weighted by atomic mass is 16.5. The lowest BCUT2D eigenvalue weighted by Gasteiger charge is -2.35. The number of hydrogen-bond acceptors (Lipinski definition) is 4. The summed E-state index contributed by atoms with van der Waals surface area (Å²) in [6.07, 6.45) is -0.163. The second-order valence-corrected chi connectivity index (χ2v) is 4.66. The molecule has 2 amide bonds. The first-order valence-corrected chi connectivity index (χ1v) is 5.90. The number of hydrogen-bond donors (Lipinski definition) is 3. The summed E-state index contributed by atoms with van der Waals surface area (Å²) in [5.74, 6) is -1.05. The molecular formula is C11H20N2O5. The molecule has 1 aliphatic heterocycles. The fraction of sp³-hybridized carbons (Fsp3) is 0.818. The maximum absolute atomic E-state index is 11.9. The quantitative estimate of drug-likeness (QED) is 0.641. The molecule has 0 aromatic rings. The van der Waals surface area contributed by atoms with Gasteiger partial charge in [0.2, 0.25) is 0 Å². The van der Waals surface area contributed by atoms with E-state index in [-0.39, 0.29) is 19.4 Å². The van der Waals surface area contributed by atoms with Crippen LogP contribution in [0.2, 0.25) is 0 Å². The third-order valence-electron chi connectivity index (χ3n) is 2.99. The molecule has 0 aromatic carbocycles. The van der Waals surface area contributed by atoms with Crippen LogP contribution in [0.25, 0.3) is 0 Å². The summed E-state index contributed by atoms with van der Waals surface area (Å²) in [5, 5.41) is 21.0. The van der Waals surface area contributed by atoms with Gasteiger partial charge in [0, 0.05) is 39.6 Å². The summed E-state index contributed by atoms with van der Waals surface area (Å²) in [6.45, 7) is 2.34. The van der Waals surface area contributed by atoms with E-state index in [0.717, 1.165) is 0 Å². The van der Waals surface area contributed by atoms with Crippen LogP contribution in [0, 0.1) is 0 Å². The van der Waals surface area contributed by atoms with Crippen molar-refractivity contribution in [1.29, 1.82) is 0 Å². The van der Waals surface area contributed by atoms with E-state index in [9.17, 15) is 19.8 Å². The molecule has 1 aliphatic rings. The van der Waals surface area contributed by atoms with Gasteiger partial charge in [-0.15, -0.1) is 0 Å². The number of carbonyl (C=O) groups is 2. The number of ether oxygens (including phenoxy) is 1. The molecule has 1 unspecified atom stereocenters. The number of nitrogens with one attached hydrogen (secondary N) is 1. The van der Waals surface area contributed by atoms with E-state index in [2.05, 4.69) is 5.32 Å². The Balaban J connectivity index is 2.66. The molecule has 7 nitrogen and oxygen atoms in total. The fourth-order valence-electron chi connectivity index (χ4n) is 1.89. The van der Waals surface area contributed by atoms with Gasteiger partial charge in [0.25, 0.3) is 0 Å². The van der Waals surface area contributed by atoms with Crippen LogP contribution >= 0.6 is 0 Å². The lowest BCUT2D eigenvalue weighted by molar-refractivity contribution is -0.148. The minimum atomic E-state index is -1.26. The predicted octanol–water partition coefficient (Wildman–Crippen LogP) is -0.358. The van der Waals surface area contributed by atoms with Gasteiger partial charge in [0.15, 0.2) is 0 Å². The molecule has 7 heteroatoms. The number of nitrogens with zero attached hydrogens (tertiary/aromatic N) is 1. The van der Waals surface area contributed by atoms with Crippen LogP contribution in [0.4, 0.5) is 4.79 Å². The van der Waals surface area contributed by atoms with E-state index in [0.29, 0.717) is 13.2 Å². The van der Waals surface area contributed by atoms with Crippen LogP contribution in [0.3, 0.4) is 0 Å². The third-order valence-corrected chi connectivity index (χ3v) is 2.99. The topological polar surface area (TPSA) is 99.1 Å². The lowest BCUT2D eigenvalue weighted by atomic mass is 9.90. The van der Waals surface area contributed by atoms with Crippen molar-refractivity contribution in [3.05, 3.63) is 0 Å². The number of urea groups is 1. The number of aliphatic carboxylic acids is 1. The zero-order valence-corrected chi connectivity index (χ0v) is 10.7. The molecule has 0 bridgehead atoms. The number of aliphatic hydroxyl groups excluding tert-OH is 1. The van der Waals surface area contributed by atoms with Gasteiger partial charge < -0.3 is 25.2 Å². The molecule has 1 rings (SSSR count). The van der Waals surface area contributed by atoms with Crippen LogP contribution in [0.1, 0.15) is 19.8 Å². The Kier molecular flexibility index (Phi) is 4.92. The van der Waals surface area contributed by atoms with Gasteiger partial charge in [-0.25, -0.2) is 9.59 Å². The van der Waals surface area contributed by atoms with Crippen molar-refractivity contribution in [3.63, 3.8) is 0 Å². The molecule has 3 N–H and O–H groups in total. The highest BCUT2D eigenvalue weighted by molar-refractivity contribution is 5.86. The Hall–Kier alpha value is -1.34. The van der Waals surface area contributed by atoms with Gasteiger partial charge in [-0.2, -0.15) is 0 Å². The first-order valence-electron chi connectivity index (χ1n) is 5.90. The predicted molar refractivity (Wildman–Crippen MR) is 63.3 cm³/mol. The number of carboxylic acid groups (broad SMARTS) is 1. The first kappa shape index (κ1) is 14.7. The summed E-state index contributed by atoms with van der Waals surface area (Å²) in [6, 6.07) is -0.500. The standard InChI is InChI=1S/C11H20N2O5/c1-8(14)7-13(2)10(17)12-11(9(15)16)3-5-18-6-4-11/h8,14H,3-7H2,1-2H3,(H,12,17)(H,15,16). The monoisotopic (exact) mass is 260 g/mol. The summed E-state index contributed by atoms with van der Waals surface area (Å²) >= 11 is 0. The average Bonchev–Trinajstić information content (AvgIpc) is 2.29. The Bertz CT molecular complexity index is 313. The van der Waals surface area contributed by atoms with Crippen molar-refractivity contribution in [2.75, 3.05) is 26.8 Å². The van der Waals surface area contributed by atoms with Gasteiger partial charge in [-0.3, -0.25) is 0 Å². The molecular weight excluding hydrogens is 240 g/mol. The maximum atomic E-state index is 11.9. The van der Waals surface area contributed by atoms with Crippen LogP contribution < -0.4 is 5.32 Å². The largest absolute Gasteiger partial charge is 0.480 e. The molecule has 1 heterocycles. The number of likely N-dealkylation sites (N-methyl/N-ethyl adjacent to an activating group) is 1. The van der Waals surface area contributed by atoms with Crippen LogP contribution in [-0.4, -0.2) is 65.6 Å². The van der Waals surface area contributed by atoms with Crippen molar-refractivity contribution in [2.24, 2.45) is 0 Å². The third kappa shape index (κ3) is 3.58. The zero-order chi connectivity index (χ0) is 13.8. The lowest BCUT2D eigenvalue weighted by Crippen LogP contribution is -2.60. The summed E-state index contributed by atoms with van der Waals surface area (Å²) in [5.41, 5.74) is -1.26. The number of amides is 2. The molecule has 0 radical (unpaired) electrons. The van der Waals surface area contributed by atoms with E-state index in [4.69, 9.17) is 4.74 Å². The molecule has 1 fully saturated rings. The Morgan fingerprint density at radius 1 is 1.44 bits per heavy atom. The number of carboxylic acids is 1. The van der Waals surface area contributed by atoms with Gasteiger partial charge in [-0.1, -0.05) is 0 Å². The van der Waals surface area contributed by atoms with Crippen molar-refractivity contribution in [3.8, 4) is 0 Å². The summed E-state index contributed by atoms with van der Waals surface area (Å²) < 4.78 is 5.11. The molecule has 1 saturated heterocycles. The van der Waals surface area contributed by atoms with E-state index < -0.39 is 23.6 Å². The van der Waals surface area contributed by atoms with Gasteiger partial charge in [-0.05, 0) is 6.92 Å². The van der Waals surface area contributed by atoms with Crippen LogP contribution in [0.5, 0.6) is 0 Å². The highest BCUT2D eigenvalue weighted by Gasteiger charge is 2.42. The van der Waals surface area contributed by atoms with E-state index in [1.54, 1.807) is 6.92 Å². The van der Waals surface area contributed by atoms with Gasteiger partial charge >= 0.3 is 12.0 Å². The summed E-state index contributed by atoms with van der Waals surface area (Å²) in [4.78, 5) is 24.4. The Morgan fingerprint density at radius 3 is 2.44 bits per heavy atom. The number of aliphatic hydroxyl groups is 1. The molecule has 104 valence electrons. The fourth-order valence-corrected chi connectivity index (χ4v) is 1.89. The molecule has 0 saturated carbocycles. The van der Waals surface area contributed by atoms with Crippen molar-refractivity contribution < 1.29 is 24.5 Å². The molecule has 0 spiro atoms. The van der Waals surface area contributed by atoms with Crippen LogP contribution in [-0.2, 0) is 9.53 Å². The van der Waals surface area contributed by atoms with Gasteiger partial charge in [0.1, 0.15) is 5.54 Å². The Morgan fingerprint density at radius 2 is 2.00 bits per heavy atom. The van der Waals surface area contributed by atoms with E-state index in [1.807, 2.05) is 0 Å². The molecule has 0 aromatic heterocycles. The Labute approximate surface area is 106 Å². The first-order chi connectivity index (χ1) is 8.37. The second-order valence-electron chi connectivity index (χ2n) is 4.66. The van der Waals surface area contributed by atoms with Crippen molar-refractivity contribution in [1.82, 2.24) is 10.2 Å². The normalized spacial score (nSPS) is 19.9. The van der Waals surface area contributed by atoms with Gasteiger partial charge in [0.05, 0.1) is 6.10 Å². The van der Waals surface area contributed by atoms with E-state index in [1.165, 1.54) is 11.9 Å². The molecule has 0 aliphatic carbocycles. The molecule has 18 heavy (non-hydrogen) atoms. The minimum Gasteiger partial charge on any atom is -0.480 e. The smallest absolute Gasteiger partial charge is 0.329 e.